The molecule has 1 aliphatic rings. The number of Topliss-reactive ketones (excluding diaryl/α,β-unsaturated/α-hetero) is 1. The Morgan fingerprint density at radius 3 is 1.97 bits per heavy atom. The maximum absolute atomic E-state index is 12.7. The zero-order valence-electron chi connectivity index (χ0n) is 21.2. The lowest BCUT2D eigenvalue weighted by Gasteiger charge is -2.43. The van der Waals surface area contributed by atoms with Crippen LogP contribution in [0.15, 0.2) is 60.7 Å². The molecule has 34 heavy (non-hydrogen) atoms. The first kappa shape index (κ1) is 26.1. The molecule has 3 rings (SSSR count). The van der Waals surface area contributed by atoms with Gasteiger partial charge in [-0.25, -0.2) is 4.79 Å². The van der Waals surface area contributed by atoms with Crippen molar-refractivity contribution < 1.29 is 23.5 Å². The van der Waals surface area contributed by atoms with Gasteiger partial charge in [0.05, 0.1) is 25.8 Å². The van der Waals surface area contributed by atoms with Gasteiger partial charge in [0.25, 0.3) is 8.32 Å². The molecular formula is C27H37NO5Si. The summed E-state index contributed by atoms with van der Waals surface area (Å²) in [7, 11) is -2.75. The van der Waals surface area contributed by atoms with E-state index >= 15 is 0 Å². The highest BCUT2D eigenvalue weighted by atomic mass is 28.4. The van der Waals surface area contributed by atoms with Crippen LogP contribution in [0.1, 0.15) is 41.5 Å². The third-order valence-electron chi connectivity index (χ3n) is 5.83. The summed E-state index contributed by atoms with van der Waals surface area (Å²) in [6.07, 6.45) is -0.956. The van der Waals surface area contributed by atoms with E-state index in [1.807, 2.05) is 57.2 Å². The Balaban J connectivity index is 1.91. The molecule has 1 atom stereocenters. The summed E-state index contributed by atoms with van der Waals surface area (Å²) >= 11 is 0. The first-order valence-corrected chi connectivity index (χ1v) is 13.7. The van der Waals surface area contributed by atoms with E-state index in [2.05, 4.69) is 45.0 Å². The first-order chi connectivity index (χ1) is 15.9. The monoisotopic (exact) mass is 483 g/mol. The predicted octanol–water partition coefficient (Wildman–Crippen LogP) is 3.77. The van der Waals surface area contributed by atoms with Gasteiger partial charge in [-0.05, 0) is 36.2 Å². The highest BCUT2D eigenvalue weighted by Gasteiger charge is 2.50. The number of ketones is 1. The highest BCUT2D eigenvalue weighted by molar-refractivity contribution is 6.99. The van der Waals surface area contributed by atoms with Crippen LogP contribution in [-0.4, -0.2) is 63.1 Å². The number of hydrogen-bond donors (Lipinski definition) is 0. The number of ether oxygens (including phenoxy) is 2. The Bertz CT molecular complexity index is 927. The Kier molecular flexibility index (Phi) is 8.01. The van der Waals surface area contributed by atoms with Crippen LogP contribution >= 0.6 is 0 Å². The first-order valence-electron chi connectivity index (χ1n) is 11.8. The van der Waals surface area contributed by atoms with E-state index in [0.717, 1.165) is 0 Å². The molecule has 6 nitrogen and oxygen atoms in total. The lowest BCUT2D eigenvalue weighted by molar-refractivity contribution is -0.123. The van der Waals surface area contributed by atoms with Gasteiger partial charge in [0.1, 0.15) is 12.2 Å². The summed E-state index contributed by atoms with van der Waals surface area (Å²) in [5, 5.41) is 2.16. The number of rotatable bonds is 5. The van der Waals surface area contributed by atoms with Crippen molar-refractivity contribution in [3.8, 4) is 0 Å². The van der Waals surface area contributed by atoms with Crippen molar-refractivity contribution >= 4 is 30.6 Å². The van der Waals surface area contributed by atoms with Crippen LogP contribution in [0, 0.1) is 0 Å². The molecule has 0 saturated carbocycles. The summed E-state index contributed by atoms with van der Waals surface area (Å²) < 4.78 is 18.4. The molecule has 1 fully saturated rings. The van der Waals surface area contributed by atoms with Gasteiger partial charge in [0, 0.05) is 0 Å². The third kappa shape index (κ3) is 6.14. The van der Waals surface area contributed by atoms with Crippen LogP contribution in [0.5, 0.6) is 0 Å². The maximum atomic E-state index is 12.7. The van der Waals surface area contributed by atoms with Crippen LogP contribution in [0.3, 0.4) is 0 Å². The summed E-state index contributed by atoms with van der Waals surface area (Å²) in [6.45, 7) is 12.5. The molecule has 0 radical (unpaired) electrons. The van der Waals surface area contributed by atoms with Crippen molar-refractivity contribution in [1.29, 1.82) is 0 Å². The lowest BCUT2D eigenvalue weighted by atomic mass is 10.2. The zero-order valence-corrected chi connectivity index (χ0v) is 22.2. The molecule has 1 aliphatic heterocycles. The van der Waals surface area contributed by atoms with Gasteiger partial charge < -0.3 is 13.9 Å². The van der Waals surface area contributed by atoms with Gasteiger partial charge in [-0.1, -0.05) is 81.4 Å². The van der Waals surface area contributed by atoms with Crippen molar-refractivity contribution in [2.75, 3.05) is 26.3 Å². The van der Waals surface area contributed by atoms with Gasteiger partial charge >= 0.3 is 6.09 Å². The molecule has 0 N–H and O–H groups in total. The lowest BCUT2D eigenvalue weighted by Crippen LogP contribution is -2.67. The molecule has 0 aliphatic carbocycles. The van der Waals surface area contributed by atoms with E-state index in [0.29, 0.717) is 0 Å². The fraction of sp³-hybridized carbons (Fsp3) is 0.481. The second-order valence-electron chi connectivity index (χ2n) is 10.8. The number of nitrogens with zero attached hydrogens (tertiary/aromatic N) is 1. The Morgan fingerprint density at radius 2 is 1.50 bits per heavy atom. The Labute approximate surface area is 204 Å². The Hall–Kier alpha value is -2.48. The molecule has 1 heterocycles. The van der Waals surface area contributed by atoms with Gasteiger partial charge in [0.15, 0.2) is 5.78 Å². The average Bonchev–Trinajstić information content (AvgIpc) is 2.95. The average molecular weight is 484 g/mol. The molecular weight excluding hydrogens is 446 g/mol. The van der Waals surface area contributed by atoms with Crippen LogP contribution in [0.25, 0.3) is 0 Å². The van der Waals surface area contributed by atoms with Crippen molar-refractivity contribution in [3.63, 3.8) is 0 Å². The second-order valence-corrected chi connectivity index (χ2v) is 15.1. The van der Waals surface area contributed by atoms with Gasteiger partial charge in [-0.3, -0.25) is 9.69 Å². The summed E-state index contributed by atoms with van der Waals surface area (Å²) in [6, 6.07) is 20.7. The summed E-state index contributed by atoms with van der Waals surface area (Å²) in [4.78, 5) is 26.5. The van der Waals surface area contributed by atoms with Crippen molar-refractivity contribution in [2.24, 2.45) is 0 Å². The van der Waals surface area contributed by atoms with Crippen LogP contribution in [0.4, 0.5) is 4.79 Å². The van der Waals surface area contributed by atoms with E-state index in [-0.39, 0.29) is 37.1 Å². The smallest absolute Gasteiger partial charge is 0.410 e. The van der Waals surface area contributed by atoms with E-state index in [4.69, 9.17) is 13.9 Å². The maximum Gasteiger partial charge on any atom is 0.410 e. The minimum Gasteiger partial charge on any atom is -0.444 e. The normalized spacial score (nSPS) is 17.9. The zero-order chi connectivity index (χ0) is 25.0. The number of hydrogen-bond acceptors (Lipinski definition) is 5. The predicted molar refractivity (Wildman–Crippen MR) is 136 cm³/mol. The van der Waals surface area contributed by atoms with E-state index in [9.17, 15) is 9.59 Å². The highest BCUT2D eigenvalue weighted by Crippen LogP contribution is 2.37. The molecule has 184 valence electrons. The van der Waals surface area contributed by atoms with Gasteiger partial charge in [-0.2, -0.15) is 0 Å². The van der Waals surface area contributed by atoms with Crippen LogP contribution in [-0.2, 0) is 18.7 Å². The van der Waals surface area contributed by atoms with Crippen molar-refractivity contribution in [2.45, 2.75) is 58.3 Å². The molecule has 0 unspecified atom stereocenters. The minimum atomic E-state index is -2.75. The van der Waals surface area contributed by atoms with Crippen molar-refractivity contribution in [1.82, 2.24) is 4.90 Å². The number of carbonyl (C=O) groups is 2. The summed E-state index contributed by atoms with van der Waals surface area (Å²) in [5.74, 6) is -0.154. The fourth-order valence-corrected chi connectivity index (χ4v) is 8.97. The quantitative estimate of drug-likeness (QED) is 0.606. The molecule has 1 amide bonds. The topological polar surface area (TPSA) is 65.1 Å². The van der Waals surface area contributed by atoms with E-state index in [1.54, 1.807) is 0 Å². The molecule has 1 saturated heterocycles. The Morgan fingerprint density at radius 1 is 0.971 bits per heavy atom. The third-order valence-corrected chi connectivity index (χ3v) is 10.8. The number of amides is 1. The summed E-state index contributed by atoms with van der Waals surface area (Å²) in [5.41, 5.74) is -0.645. The fourth-order valence-electron chi connectivity index (χ4n) is 4.38. The molecule has 2 aromatic rings. The molecule has 0 spiro atoms. The number of carbonyl (C=O) groups excluding carboxylic acids is 2. The largest absolute Gasteiger partial charge is 0.444 e. The molecule has 2 aromatic carbocycles. The SMILES string of the molecule is CC(C)(C)OC(=O)N1CC(=O)CO[C@@H](CO[Si](c2ccccc2)(c2ccccc2)C(C)(C)C)C1. The van der Waals surface area contributed by atoms with Crippen LogP contribution < -0.4 is 10.4 Å². The standard InChI is InChI=1S/C27H37NO5Si/c1-26(2,3)33-25(30)28-17-21(29)19-31-22(18-28)20-32-34(27(4,5)6,23-13-9-7-10-14-23)24-15-11-8-12-16-24/h7-16,22H,17-20H2,1-6H3/t22-/m1/s1. The van der Waals surface area contributed by atoms with Crippen molar-refractivity contribution in [3.05, 3.63) is 60.7 Å². The van der Waals surface area contributed by atoms with E-state index in [1.165, 1.54) is 15.3 Å². The van der Waals surface area contributed by atoms with E-state index < -0.39 is 26.1 Å². The van der Waals surface area contributed by atoms with Gasteiger partial charge in [0.2, 0.25) is 0 Å². The number of benzene rings is 2. The second kappa shape index (κ2) is 10.4. The van der Waals surface area contributed by atoms with Crippen LogP contribution in [0.2, 0.25) is 5.04 Å². The minimum absolute atomic E-state index is 0.0232. The molecule has 0 bridgehead atoms. The molecule has 7 heteroatoms. The molecule has 0 aromatic heterocycles. The van der Waals surface area contributed by atoms with Gasteiger partial charge in [-0.15, -0.1) is 0 Å².